The van der Waals surface area contributed by atoms with E-state index in [1.165, 1.54) is 21.1 Å². The molecular weight excluding hydrogens is 532 g/mol. The second-order valence-corrected chi connectivity index (χ2v) is 14.5. The molecule has 216 valence electrons. The van der Waals surface area contributed by atoms with Gasteiger partial charge in [0.15, 0.2) is 13.2 Å². The molecule has 0 atom stereocenters. The van der Waals surface area contributed by atoms with E-state index in [-0.39, 0.29) is 13.2 Å². The lowest BCUT2D eigenvalue weighted by Gasteiger charge is -2.59. The van der Waals surface area contributed by atoms with Crippen molar-refractivity contribution in [1.82, 2.24) is 0 Å². The van der Waals surface area contributed by atoms with E-state index in [0.717, 1.165) is 48.6 Å². The van der Waals surface area contributed by atoms with Gasteiger partial charge in [0.1, 0.15) is 11.4 Å². The maximum absolute atomic E-state index is 12.7. The van der Waals surface area contributed by atoms with E-state index in [1.54, 1.807) is 0 Å². The van der Waals surface area contributed by atoms with Gasteiger partial charge in [0, 0.05) is 0 Å². The molecule has 0 radical (unpaired) electrons. The Bertz CT molecular complexity index is 1310. The summed E-state index contributed by atoms with van der Waals surface area (Å²) in [6, 6.07) is 25.4. The third-order valence-electron chi connectivity index (χ3n) is 9.51. The number of hydrogen-bond acceptors (Lipinski definition) is 5. The molecule has 4 fully saturated rings. The summed E-state index contributed by atoms with van der Waals surface area (Å²) in [5.74, 6) is 2.09. The van der Waals surface area contributed by atoms with Crippen LogP contribution in [-0.2, 0) is 19.1 Å². The minimum Gasteiger partial charge on any atom is -0.481 e. The van der Waals surface area contributed by atoms with Gasteiger partial charge in [-0.15, -0.1) is 0 Å². The summed E-state index contributed by atoms with van der Waals surface area (Å²) in [5.41, 5.74) is 1.49. The fraction of sp³-hybridized carbons (Fsp3) is 0.429. The number of esters is 2. The Kier molecular flexibility index (Phi) is 7.86. The number of ether oxygens (including phenoxy) is 3. The fourth-order valence-corrected chi connectivity index (χ4v) is 10.2. The Morgan fingerprint density at radius 1 is 0.732 bits per heavy atom. The molecule has 0 aromatic heterocycles. The first-order valence-corrected chi connectivity index (χ1v) is 16.2. The monoisotopic (exact) mass is 572 g/mol. The molecular formula is C35H40O5S. The lowest BCUT2D eigenvalue weighted by atomic mass is 9.50. The lowest BCUT2D eigenvalue weighted by Crippen LogP contribution is -2.58. The third-order valence-corrected chi connectivity index (χ3v) is 11.9. The topological polar surface area (TPSA) is 61.8 Å². The van der Waals surface area contributed by atoms with E-state index in [2.05, 4.69) is 67.6 Å². The van der Waals surface area contributed by atoms with Crippen molar-refractivity contribution in [3.8, 4) is 5.75 Å². The van der Waals surface area contributed by atoms with Gasteiger partial charge in [-0.05, 0) is 139 Å². The maximum atomic E-state index is 12.7. The van der Waals surface area contributed by atoms with Crippen LogP contribution in [0.4, 0.5) is 0 Å². The molecule has 0 spiro atoms. The predicted molar refractivity (Wildman–Crippen MR) is 161 cm³/mol. The number of aryl methyl sites for hydroxylation is 2. The summed E-state index contributed by atoms with van der Waals surface area (Å²) in [7, 11) is -0.740. The Morgan fingerprint density at radius 3 is 1.76 bits per heavy atom. The van der Waals surface area contributed by atoms with Gasteiger partial charge in [0.2, 0.25) is 0 Å². The van der Waals surface area contributed by atoms with Crippen molar-refractivity contribution in [3.63, 3.8) is 0 Å². The van der Waals surface area contributed by atoms with E-state index in [1.807, 2.05) is 26.0 Å². The Balaban J connectivity index is 1.07. The maximum Gasteiger partial charge on any atom is 0.344 e. The van der Waals surface area contributed by atoms with Crippen LogP contribution in [0.15, 0.2) is 87.5 Å². The number of carbonyl (C=O) groups is 2. The highest BCUT2D eigenvalue weighted by molar-refractivity contribution is 8.17. The summed E-state index contributed by atoms with van der Waals surface area (Å²) in [4.78, 5) is 29.1. The molecule has 4 aliphatic carbocycles. The van der Waals surface area contributed by atoms with Crippen LogP contribution in [-0.4, -0.2) is 30.8 Å². The average molecular weight is 573 g/mol. The van der Waals surface area contributed by atoms with E-state index >= 15 is 0 Å². The van der Waals surface area contributed by atoms with Crippen LogP contribution in [0, 0.1) is 37.5 Å². The van der Waals surface area contributed by atoms with Crippen LogP contribution in [0.25, 0.3) is 0 Å². The first kappa shape index (κ1) is 27.9. The molecule has 3 aromatic rings. The molecule has 4 bridgehead atoms. The van der Waals surface area contributed by atoms with Crippen LogP contribution in [0.2, 0.25) is 0 Å². The van der Waals surface area contributed by atoms with Gasteiger partial charge in [0.25, 0.3) is 0 Å². The van der Waals surface area contributed by atoms with Crippen molar-refractivity contribution in [2.24, 2.45) is 23.7 Å². The largest absolute Gasteiger partial charge is 0.481 e. The molecule has 5 nitrogen and oxygen atoms in total. The van der Waals surface area contributed by atoms with Gasteiger partial charge >= 0.3 is 11.9 Å². The van der Waals surface area contributed by atoms with E-state index in [9.17, 15) is 9.59 Å². The molecule has 41 heavy (non-hydrogen) atoms. The van der Waals surface area contributed by atoms with Gasteiger partial charge in [-0.25, -0.2) is 9.59 Å². The number of carbonyl (C=O) groups excluding carboxylic acids is 2. The van der Waals surface area contributed by atoms with Gasteiger partial charge in [-0.2, -0.15) is 10.9 Å². The molecule has 0 saturated heterocycles. The Labute approximate surface area is 245 Å². The molecule has 0 N–H and O–H groups in total. The average Bonchev–Trinajstić information content (AvgIpc) is 2.95. The Morgan fingerprint density at radius 2 is 1.24 bits per heavy atom. The van der Waals surface area contributed by atoms with Gasteiger partial charge in [0.05, 0.1) is 0 Å². The summed E-state index contributed by atoms with van der Waals surface area (Å²) in [6.45, 7) is 5.47. The molecule has 0 unspecified atom stereocenters. The van der Waals surface area contributed by atoms with E-state index in [4.69, 9.17) is 14.2 Å². The second-order valence-electron chi connectivity index (χ2n) is 12.3. The highest BCUT2D eigenvalue weighted by Crippen LogP contribution is 2.59. The zero-order chi connectivity index (χ0) is 28.6. The Hall–Kier alpha value is -3.25. The van der Waals surface area contributed by atoms with Crippen molar-refractivity contribution in [2.75, 3.05) is 13.2 Å². The summed E-state index contributed by atoms with van der Waals surface area (Å²) >= 11 is 0. The first-order valence-electron chi connectivity index (χ1n) is 14.8. The minimum atomic E-state index is -0.740. The standard InChI is InChI=1S/C35H40O5S/c1-23-14-31(41(29-10-6-4-7-11-29)30-12-8-5-9-13-30)15-24(2)34(23)39-21-32(36)38-22-33(37)40-35(3)27-17-25-16-26(19-27)20-28(35)18-25/h4-15,25-28,41H,16-22H2,1-3H3. The molecule has 4 saturated carbocycles. The van der Waals surface area contributed by atoms with Crippen molar-refractivity contribution in [2.45, 2.75) is 73.2 Å². The van der Waals surface area contributed by atoms with Gasteiger partial charge < -0.3 is 14.2 Å². The SMILES string of the molecule is Cc1cc([SH](c2ccccc2)c2ccccc2)cc(C)c1OCC(=O)OCC(=O)OC1(C)C2CC3CC(C2)CC1C3. The number of benzene rings is 3. The molecule has 0 amide bonds. The van der Waals surface area contributed by atoms with Crippen molar-refractivity contribution >= 4 is 22.8 Å². The summed E-state index contributed by atoms with van der Waals surface area (Å²) in [6.07, 6.45) is 5.96. The van der Waals surface area contributed by atoms with Crippen molar-refractivity contribution in [1.29, 1.82) is 0 Å². The number of hydrogen-bond donors (Lipinski definition) is 1. The zero-order valence-electron chi connectivity index (χ0n) is 24.2. The smallest absolute Gasteiger partial charge is 0.344 e. The number of thiol groups is 1. The second kappa shape index (κ2) is 11.6. The number of rotatable bonds is 9. The summed E-state index contributed by atoms with van der Waals surface area (Å²) < 4.78 is 17.2. The highest BCUT2D eigenvalue weighted by Gasteiger charge is 2.57. The zero-order valence-corrected chi connectivity index (χ0v) is 25.1. The van der Waals surface area contributed by atoms with Crippen LogP contribution >= 0.6 is 10.9 Å². The van der Waals surface area contributed by atoms with Crippen LogP contribution < -0.4 is 4.74 Å². The molecule has 6 heteroatoms. The van der Waals surface area contributed by atoms with E-state index < -0.39 is 28.4 Å². The van der Waals surface area contributed by atoms with Crippen molar-refractivity contribution in [3.05, 3.63) is 83.9 Å². The highest BCUT2D eigenvalue weighted by atomic mass is 32.2. The van der Waals surface area contributed by atoms with Crippen LogP contribution in [0.3, 0.4) is 0 Å². The van der Waals surface area contributed by atoms with Crippen molar-refractivity contribution < 1.29 is 23.8 Å². The molecule has 0 aliphatic heterocycles. The molecule has 4 aliphatic rings. The lowest BCUT2D eigenvalue weighted by molar-refractivity contribution is -0.207. The summed E-state index contributed by atoms with van der Waals surface area (Å²) in [5, 5.41) is 0. The van der Waals surface area contributed by atoms with E-state index in [0.29, 0.717) is 17.6 Å². The van der Waals surface area contributed by atoms with Crippen LogP contribution in [0.1, 0.15) is 50.2 Å². The molecule has 0 heterocycles. The molecule has 3 aromatic carbocycles. The quantitative estimate of drug-likeness (QED) is 0.213. The predicted octanol–water partition coefficient (Wildman–Crippen LogP) is 7.46. The van der Waals surface area contributed by atoms with Gasteiger partial charge in [-0.1, -0.05) is 36.4 Å². The van der Waals surface area contributed by atoms with Gasteiger partial charge in [-0.3, -0.25) is 0 Å². The minimum absolute atomic E-state index is 0.258. The first-order chi connectivity index (χ1) is 19.8. The molecule has 7 rings (SSSR count). The normalized spacial score (nSPS) is 26.4. The fourth-order valence-electron chi connectivity index (χ4n) is 7.76. The van der Waals surface area contributed by atoms with Crippen LogP contribution in [0.5, 0.6) is 5.75 Å². The third kappa shape index (κ3) is 5.76.